The highest BCUT2D eigenvalue weighted by molar-refractivity contribution is 7.89. The lowest BCUT2D eigenvalue weighted by Crippen LogP contribution is -2.46. The van der Waals surface area contributed by atoms with E-state index >= 15 is 0 Å². The Hall–Kier alpha value is -3.37. The van der Waals surface area contributed by atoms with Crippen LogP contribution in [0.15, 0.2) is 58.0 Å². The Morgan fingerprint density at radius 2 is 1.77 bits per heavy atom. The van der Waals surface area contributed by atoms with Gasteiger partial charge in [0.05, 0.1) is 23.3 Å². The molecule has 10 heteroatoms. The molecule has 3 heterocycles. The van der Waals surface area contributed by atoms with Gasteiger partial charge in [0.25, 0.3) is 5.91 Å². The van der Waals surface area contributed by atoms with Gasteiger partial charge in [-0.05, 0) is 69.2 Å². The topological polar surface area (TPSA) is 114 Å². The number of hydrogen-bond acceptors (Lipinski definition) is 5. The molecule has 4 rings (SSSR count). The fourth-order valence-corrected chi connectivity index (χ4v) is 5.87. The number of hydrogen-bond donors (Lipinski definition) is 2. The van der Waals surface area contributed by atoms with E-state index in [1.807, 2.05) is 36.6 Å². The van der Waals surface area contributed by atoms with Crippen LogP contribution in [0.3, 0.4) is 0 Å². The second-order valence-electron chi connectivity index (χ2n) is 8.81. The molecule has 0 radical (unpaired) electrons. The first kappa shape index (κ1) is 24.7. The van der Waals surface area contributed by atoms with Crippen LogP contribution in [0.2, 0.25) is 0 Å². The van der Waals surface area contributed by atoms with Crippen molar-refractivity contribution >= 4 is 27.5 Å². The SMILES string of the molecule is CC(=O)Nc1ccc(S(=O)(=O)N2CCC(NC(=O)c3cc(C)n(Cc4ccco4)c3C)CC2)cc1. The van der Waals surface area contributed by atoms with Gasteiger partial charge in [-0.1, -0.05) is 0 Å². The van der Waals surface area contributed by atoms with Crippen LogP contribution in [0.5, 0.6) is 0 Å². The fourth-order valence-electron chi connectivity index (χ4n) is 4.40. The molecule has 2 amide bonds. The van der Waals surface area contributed by atoms with Gasteiger partial charge in [-0.15, -0.1) is 0 Å². The monoisotopic (exact) mass is 498 g/mol. The van der Waals surface area contributed by atoms with Crippen molar-refractivity contribution in [3.8, 4) is 0 Å². The van der Waals surface area contributed by atoms with Gasteiger partial charge in [-0.25, -0.2) is 8.42 Å². The predicted molar refractivity (Wildman–Crippen MR) is 132 cm³/mol. The highest BCUT2D eigenvalue weighted by Gasteiger charge is 2.30. The number of furan rings is 1. The van der Waals surface area contributed by atoms with Gasteiger partial charge in [0.15, 0.2) is 0 Å². The maximum atomic E-state index is 13.0. The smallest absolute Gasteiger partial charge is 0.253 e. The summed E-state index contributed by atoms with van der Waals surface area (Å²) in [7, 11) is -3.65. The average molecular weight is 499 g/mol. The van der Waals surface area contributed by atoms with Crippen LogP contribution in [-0.4, -0.2) is 48.2 Å². The van der Waals surface area contributed by atoms with Gasteiger partial charge < -0.3 is 19.6 Å². The van der Waals surface area contributed by atoms with E-state index in [0.717, 1.165) is 17.1 Å². The molecular formula is C25H30N4O5S. The van der Waals surface area contributed by atoms with Gasteiger partial charge in [0.2, 0.25) is 15.9 Å². The third-order valence-corrected chi connectivity index (χ3v) is 8.23. The van der Waals surface area contributed by atoms with E-state index in [1.165, 1.54) is 23.4 Å². The van der Waals surface area contributed by atoms with E-state index in [4.69, 9.17) is 4.42 Å². The molecule has 0 atom stereocenters. The number of amides is 2. The first-order chi connectivity index (χ1) is 16.6. The number of carbonyl (C=O) groups excluding carboxylic acids is 2. The minimum absolute atomic E-state index is 0.107. The van der Waals surface area contributed by atoms with Crippen molar-refractivity contribution in [3.05, 3.63) is 71.4 Å². The van der Waals surface area contributed by atoms with Crippen LogP contribution in [-0.2, 0) is 21.4 Å². The van der Waals surface area contributed by atoms with Crippen molar-refractivity contribution in [2.24, 2.45) is 0 Å². The van der Waals surface area contributed by atoms with E-state index in [1.54, 1.807) is 18.4 Å². The van der Waals surface area contributed by atoms with Crippen molar-refractivity contribution in [3.63, 3.8) is 0 Å². The highest BCUT2D eigenvalue weighted by atomic mass is 32.2. The zero-order chi connectivity index (χ0) is 25.2. The molecule has 0 spiro atoms. The molecule has 0 unspecified atom stereocenters. The molecule has 2 N–H and O–H groups in total. The van der Waals surface area contributed by atoms with Crippen LogP contribution < -0.4 is 10.6 Å². The Balaban J connectivity index is 1.36. The normalized spacial score (nSPS) is 15.2. The Morgan fingerprint density at radius 3 is 2.37 bits per heavy atom. The van der Waals surface area contributed by atoms with Crippen molar-refractivity contribution in [1.29, 1.82) is 0 Å². The number of nitrogens with zero attached hydrogens (tertiary/aromatic N) is 2. The van der Waals surface area contributed by atoms with Gasteiger partial charge in [-0.2, -0.15) is 4.31 Å². The molecule has 1 aliphatic heterocycles. The molecule has 1 fully saturated rings. The van der Waals surface area contributed by atoms with E-state index in [9.17, 15) is 18.0 Å². The van der Waals surface area contributed by atoms with Crippen molar-refractivity contribution in [2.75, 3.05) is 18.4 Å². The fraction of sp³-hybridized carbons (Fsp3) is 0.360. The Kier molecular flexibility index (Phi) is 7.13. The predicted octanol–water partition coefficient (Wildman–Crippen LogP) is 3.29. The molecular weight excluding hydrogens is 468 g/mol. The summed E-state index contributed by atoms with van der Waals surface area (Å²) in [5.74, 6) is 0.444. The Morgan fingerprint density at radius 1 is 1.09 bits per heavy atom. The lowest BCUT2D eigenvalue weighted by atomic mass is 10.1. The number of sulfonamides is 1. The van der Waals surface area contributed by atoms with Crippen LogP contribution in [0.1, 0.15) is 47.3 Å². The van der Waals surface area contributed by atoms with Gasteiger partial charge in [0.1, 0.15) is 5.76 Å². The summed E-state index contributed by atoms with van der Waals surface area (Å²) in [4.78, 5) is 24.3. The molecule has 0 saturated carbocycles. The molecule has 0 aliphatic carbocycles. The molecule has 1 aromatic carbocycles. The van der Waals surface area contributed by atoms with Gasteiger partial charge in [0, 0.05) is 43.1 Å². The number of aromatic nitrogens is 1. The summed E-state index contributed by atoms with van der Waals surface area (Å²) in [6, 6.07) is 11.6. The number of anilines is 1. The molecule has 186 valence electrons. The quantitative estimate of drug-likeness (QED) is 0.519. The summed E-state index contributed by atoms with van der Waals surface area (Å²) in [6.07, 6.45) is 2.69. The lowest BCUT2D eigenvalue weighted by molar-refractivity contribution is -0.114. The molecule has 9 nitrogen and oxygen atoms in total. The van der Waals surface area contributed by atoms with Gasteiger partial charge in [-0.3, -0.25) is 9.59 Å². The van der Waals surface area contributed by atoms with Crippen molar-refractivity contribution in [2.45, 2.75) is 51.1 Å². The van der Waals surface area contributed by atoms with E-state index < -0.39 is 10.0 Å². The summed E-state index contributed by atoms with van der Waals surface area (Å²) in [5, 5.41) is 5.70. The third kappa shape index (κ3) is 5.49. The third-order valence-electron chi connectivity index (χ3n) is 6.31. The standard InChI is InChI=1S/C25H30N4O5S/c1-17-15-24(18(2)29(17)16-22-5-4-14-34-22)25(31)27-21-10-12-28(13-11-21)35(32,33)23-8-6-20(7-9-23)26-19(3)30/h4-9,14-15,21H,10-13,16H2,1-3H3,(H,26,30)(H,27,31). The lowest BCUT2D eigenvalue weighted by Gasteiger charge is -2.31. The van der Waals surface area contributed by atoms with Crippen LogP contribution in [0, 0.1) is 13.8 Å². The first-order valence-corrected chi connectivity index (χ1v) is 13.0. The summed E-state index contributed by atoms with van der Waals surface area (Å²) < 4.78 is 35.0. The molecule has 2 aromatic heterocycles. The van der Waals surface area contributed by atoms with Crippen molar-refractivity contribution < 1.29 is 22.4 Å². The van der Waals surface area contributed by atoms with Crippen LogP contribution >= 0.6 is 0 Å². The molecule has 3 aromatic rings. The first-order valence-electron chi connectivity index (χ1n) is 11.5. The summed E-state index contributed by atoms with van der Waals surface area (Å²) >= 11 is 0. The van der Waals surface area contributed by atoms with E-state index in [-0.39, 0.29) is 22.8 Å². The second kappa shape index (κ2) is 10.1. The van der Waals surface area contributed by atoms with Crippen LogP contribution in [0.4, 0.5) is 5.69 Å². The minimum Gasteiger partial charge on any atom is -0.467 e. The maximum absolute atomic E-state index is 13.0. The molecule has 1 aliphatic rings. The Bertz CT molecular complexity index is 1300. The molecule has 0 bridgehead atoms. The summed E-state index contributed by atoms with van der Waals surface area (Å²) in [6.45, 7) is 6.46. The van der Waals surface area contributed by atoms with Crippen molar-refractivity contribution in [1.82, 2.24) is 14.2 Å². The average Bonchev–Trinajstić information content (AvgIpc) is 3.43. The minimum atomic E-state index is -3.65. The molecule has 1 saturated heterocycles. The number of benzene rings is 1. The number of nitrogens with one attached hydrogen (secondary N) is 2. The largest absolute Gasteiger partial charge is 0.467 e. The number of piperidine rings is 1. The van der Waals surface area contributed by atoms with Crippen LogP contribution in [0.25, 0.3) is 0 Å². The summed E-state index contributed by atoms with van der Waals surface area (Å²) in [5.41, 5.74) is 2.98. The number of carbonyl (C=O) groups is 2. The highest BCUT2D eigenvalue weighted by Crippen LogP contribution is 2.23. The van der Waals surface area contributed by atoms with E-state index in [0.29, 0.717) is 43.7 Å². The number of rotatable bonds is 7. The zero-order valence-corrected chi connectivity index (χ0v) is 20.9. The maximum Gasteiger partial charge on any atom is 0.253 e. The Labute approximate surface area is 205 Å². The number of aryl methyl sites for hydroxylation is 1. The zero-order valence-electron chi connectivity index (χ0n) is 20.1. The van der Waals surface area contributed by atoms with Gasteiger partial charge >= 0.3 is 0 Å². The molecule has 35 heavy (non-hydrogen) atoms. The van der Waals surface area contributed by atoms with E-state index in [2.05, 4.69) is 10.6 Å². The second-order valence-corrected chi connectivity index (χ2v) is 10.7.